The van der Waals surface area contributed by atoms with Crippen molar-refractivity contribution in [2.24, 2.45) is 5.92 Å². The third-order valence-corrected chi connectivity index (χ3v) is 4.24. The third kappa shape index (κ3) is 4.67. The fourth-order valence-electron chi connectivity index (χ4n) is 3.14. The number of carbonyl (C=O) groups excluding carboxylic acids is 1. The Balaban J connectivity index is 2.07. The van der Waals surface area contributed by atoms with Crippen LogP contribution in [0.4, 0.5) is 5.69 Å². The Kier molecular flexibility index (Phi) is 6.39. The van der Waals surface area contributed by atoms with Gasteiger partial charge in [0.05, 0.1) is 18.5 Å². The van der Waals surface area contributed by atoms with Crippen LogP contribution in [0.2, 0.25) is 0 Å². The number of pyridine rings is 1. The van der Waals surface area contributed by atoms with Gasteiger partial charge >= 0.3 is 0 Å². The van der Waals surface area contributed by atoms with Crippen LogP contribution < -0.4 is 10.1 Å². The maximum atomic E-state index is 12.9. The molecule has 0 aromatic carbocycles. The van der Waals surface area contributed by atoms with E-state index >= 15 is 0 Å². The summed E-state index contributed by atoms with van der Waals surface area (Å²) in [5.74, 6) is 1.02. The SMILES string of the molecule is CCCO[C@@]1(C(=O)Nc2ccc(OCC)nc2)CCC[C@@H](C)C1. The first kappa shape index (κ1) is 17.7. The molecule has 23 heavy (non-hydrogen) atoms. The number of nitrogens with one attached hydrogen (secondary N) is 1. The lowest BCUT2D eigenvalue weighted by atomic mass is 9.78. The molecule has 1 aromatic heterocycles. The summed E-state index contributed by atoms with van der Waals surface area (Å²) in [6.07, 6.45) is 6.29. The number of hydrogen-bond donors (Lipinski definition) is 1. The number of amides is 1. The Hall–Kier alpha value is -1.62. The molecular formula is C18H28N2O3. The van der Waals surface area contributed by atoms with Crippen molar-refractivity contribution in [3.05, 3.63) is 18.3 Å². The molecule has 1 N–H and O–H groups in total. The highest BCUT2D eigenvalue weighted by molar-refractivity contribution is 5.97. The molecule has 1 amide bonds. The Bertz CT molecular complexity index is 503. The predicted molar refractivity (Wildman–Crippen MR) is 90.6 cm³/mol. The van der Waals surface area contributed by atoms with E-state index in [9.17, 15) is 4.79 Å². The van der Waals surface area contributed by atoms with Crippen LogP contribution in [0, 0.1) is 5.92 Å². The zero-order valence-electron chi connectivity index (χ0n) is 14.4. The van der Waals surface area contributed by atoms with Gasteiger partial charge in [0, 0.05) is 12.7 Å². The minimum atomic E-state index is -0.702. The van der Waals surface area contributed by atoms with Gasteiger partial charge in [0.15, 0.2) is 0 Å². The second-order valence-corrected chi connectivity index (χ2v) is 6.32. The molecule has 0 saturated heterocycles. The van der Waals surface area contributed by atoms with Gasteiger partial charge in [0.2, 0.25) is 5.88 Å². The first-order valence-corrected chi connectivity index (χ1v) is 8.64. The summed E-state index contributed by atoms with van der Waals surface area (Å²) in [5.41, 5.74) is -0.0251. The van der Waals surface area contributed by atoms with E-state index in [1.807, 2.05) is 13.0 Å². The first-order chi connectivity index (χ1) is 11.1. The van der Waals surface area contributed by atoms with Gasteiger partial charge in [-0.25, -0.2) is 4.98 Å². The van der Waals surface area contributed by atoms with Crippen molar-refractivity contribution in [3.63, 3.8) is 0 Å². The summed E-state index contributed by atoms with van der Waals surface area (Å²) in [6.45, 7) is 7.35. The molecule has 1 fully saturated rings. The molecule has 2 rings (SSSR count). The highest BCUT2D eigenvalue weighted by Crippen LogP contribution is 2.36. The molecule has 1 aliphatic carbocycles. The van der Waals surface area contributed by atoms with Gasteiger partial charge < -0.3 is 14.8 Å². The number of carbonyl (C=O) groups is 1. The van der Waals surface area contributed by atoms with Gasteiger partial charge in [-0.1, -0.05) is 20.3 Å². The molecule has 128 valence electrons. The molecule has 0 aliphatic heterocycles. The van der Waals surface area contributed by atoms with Crippen molar-refractivity contribution in [2.45, 2.75) is 58.5 Å². The van der Waals surface area contributed by atoms with Crippen molar-refractivity contribution < 1.29 is 14.3 Å². The second-order valence-electron chi connectivity index (χ2n) is 6.32. The lowest BCUT2D eigenvalue weighted by Gasteiger charge is -2.38. The van der Waals surface area contributed by atoms with Crippen LogP contribution >= 0.6 is 0 Å². The molecule has 5 heteroatoms. The molecule has 1 saturated carbocycles. The zero-order valence-corrected chi connectivity index (χ0v) is 14.4. The molecule has 0 radical (unpaired) electrons. The average Bonchev–Trinajstić information content (AvgIpc) is 2.55. The van der Waals surface area contributed by atoms with Gasteiger partial charge in [-0.05, 0) is 44.6 Å². The van der Waals surface area contributed by atoms with Gasteiger partial charge in [-0.2, -0.15) is 0 Å². The molecule has 0 bridgehead atoms. The maximum Gasteiger partial charge on any atom is 0.256 e. The van der Waals surface area contributed by atoms with E-state index in [0.717, 1.165) is 32.1 Å². The van der Waals surface area contributed by atoms with Crippen molar-refractivity contribution in [1.29, 1.82) is 0 Å². The van der Waals surface area contributed by atoms with Gasteiger partial charge in [-0.3, -0.25) is 4.79 Å². The van der Waals surface area contributed by atoms with E-state index in [2.05, 4.69) is 24.1 Å². The van der Waals surface area contributed by atoms with E-state index in [0.29, 0.717) is 30.7 Å². The van der Waals surface area contributed by atoms with Crippen LogP contribution in [0.5, 0.6) is 5.88 Å². The molecule has 1 aliphatic rings. The van der Waals surface area contributed by atoms with Crippen molar-refractivity contribution >= 4 is 11.6 Å². The normalized spacial score (nSPS) is 24.2. The predicted octanol–water partition coefficient (Wildman–Crippen LogP) is 3.79. The number of rotatable bonds is 7. The lowest BCUT2D eigenvalue weighted by Crippen LogP contribution is -2.48. The number of anilines is 1. The smallest absolute Gasteiger partial charge is 0.256 e. The van der Waals surface area contributed by atoms with Gasteiger partial charge in [-0.15, -0.1) is 0 Å². The van der Waals surface area contributed by atoms with Crippen LogP contribution in [0.1, 0.15) is 52.9 Å². The summed E-state index contributed by atoms with van der Waals surface area (Å²) < 4.78 is 11.3. The minimum Gasteiger partial charge on any atom is -0.478 e. The van der Waals surface area contributed by atoms with E-state index in [-0.39, 0.29) is 5.91 Å². The van der Waals surface area contributed by atoms with Crippen molar-refractivity contribution in [1.82, 2.24) is 4.98 Å². The minimum absolute atomic E-state index is 0.0524. The summed E-state index contributed by atoms with van der Waals surface area (Å²) in [7, 11) is 0. The maximum absolute atomic E-state index is 12.9. The number of aromatic nitrogens is 1. The van der Waals surface area contributed by atoms with Crippen molar-refractivity contribution in [3.8, 4) is 5.88 Å². The number of ether oxygens (including phenoxy) is 2. The monoisotopic (exact) mass is 320 g/mol. The highest BCUT2D eigenvalue weighted by Gasteiger charge is 2.42. The quantitative estimate of drug-likeness (QED) is 0.830. The second kappa shape index (κ2) is 8.29. The molecule has 0 spiro atoms. The third-order valence-electron chi connectivity index (χ3n) is 4.24. The van der Waals surface area contributed by atoms with Gasteiger partial charge in [0.1, 0.15) is 5.60 Å². The molecule has 1 heterocycles. The molecule has 2 atom stereocenters. The first-order valence-electron chi connectivity index (χ1n) is 8.64. The van der Waals surface area contributed by atoms with Gasteiger partial charge in [0.25, 0.3) is 5.91 Å². The Labute approximate surface area is 138 Å². The summed E-state index contributed by atoms with van der Waals surface area (Å²) in [4.78, 5) is 17.0. The topological polar surface area (TPSA) is 60.5 Å². The Morgan fingerprint density at radius 2 is 2.26 bits per heavy atom. The summed E-state index contributed by atoms with van der Waals surface area (Å²) >= 11 is 0. The summed E-state index contributed by atoms with van der Waals surface area (Å²) in [5, 5.41) is 2.97. The van der Waals surface area contributed by atoms with Crippen LogP contribution in [0.3, 0.4) is 0 Å². The largest absolute Gasteiger partial charge is 0.478 e. The van der Waals surface area contributed by atoms with Crippen LogP contribution in [-0.2, 0) is 9.53 Å². The lowest BCUT2D eigenvalue weighted by molar-refractivity contribution is -0.148. The van der Waals surface area contributed by atoms with Crippen molar-refractivity contribution in [2.75, 3.05) is 18.5 Å². The van der Waals surface area contributed by atoms with Crippen LogP contribution in [-0.4, -0.2) is 29.7 Å². The Morgan fingerprint density at radius 1 is 1.43 bits per heavy atom. The Morgan fingerprint density at radius 3 is 2.87 bits per heavy atom. The van der Waals surface area contributed by atoms with Crippen LogP contribution in [0.25, 0.3) is 0 Å². The number of nitrogens with zero attached hydrogens (tertiary/aromatic N) is 1. The molecule has 1 aromatic rings. The highest BCUT2D eigenvalue weighted by atomic mass is 16.5. The van der Waals surface area contributed by atoms with Crippen LogP contribution in [0.15, 0.2) is 18.3 Å². The fourth-order valence-corrected chi connectivity index (χ4v) is 3.14. The molecule has 0 unspecified atom stereocenters. The number of hydrogen-bond acceptors (Lipinski definition) is 4. The standard InChI is InChI=1S/C18H28N2O3/c1-4-11-23-18(10-6-7-14(3)12-18)17(21)20-15-8-9-16(19-13-15)22-5-2/h8-9,13-14H,4-7,10-12H2,1-3H3,(H,20,21)/t14-,18+/m1/s1. The molecular weight excluding hydrogens is 292 g/mol. The summed E-state index contributed by atoms with van der Waals surface area (Å²) in [6, 6.07) is 3.58. The fraction of sp³-hybridized carbons (Fsp3) is 0.667. The van der Waals surface area contributed by atoms with E-state index < -0.39 is 5.60 Å². The van der Waals surface area contributed by atoms with E-state index in [1.54, 1.807) is 12.3 Å². The molecule has 5 nitrogen and oxygen atoms in total. The zero-order chi connectivity index (χ0) is 16.7. The average molecular weight is 320 g/mol. The van der Waals surface area contributed by atoms with E-state index in [4.69, 9.17) is 9.47 Å². The van der Waals surface area contributed by atoms with E-state index in [1.165, 1.54) is 0 Å².